The largest absolute Gasteiger partial charge is 0.472 e. The standard InChI is InChI=1S/C23H31ClIN3O5Si/c1-23(2,3)33-22(30)28-13-15(12-18(28)20(29)31-9-10-34(4,5)6)32-19-16-11-14(25)7-8-17(16)26-21(24)27-19/h7-8,11,15,18H,9-10,12-13H2,1-6H3/t15-,18-/m0/s1. The molecule has 0 aliphatic carbocycles. The molecule has 1 amide bonds. The normalized spacial score (nSPS) is 18.8. The summed E-state index contributed by atoms with van der Waals surface area (Å²) in [4.78, 5) is 35.8. The second-order valence-electron chi connectivity index (χ2n) is 10.6. The molecule has 1 aromatic carbocycles. The van der Waals surface area contributed by atoms with Crippen LogP contribution in [-0.2, 0) is 14.3 Å². The highest BCUT2D eigenvalue weighted by Crippen LogP contribution is 2.30. The van der Waals surface area contributed by atoms with Gasteiger partial charge in [0, 0.05) is 18.1 Å². The van der Waals surface area contributed by atoms with Crippen LogP contribution in [0.5, 0.6) is 5.88 Å². The molecule has 0 spiro atoms. The van der Waals surface area contributed by atoms with E-state index in [2.05, 4.69) is 52.2 Å². The van der Waals surface area contributed by atoms with Crippen molar-refractivity contribution in [3.05, 3.63) is 27.1 Å². The predicted molar refractivity (Wildman–Crippen MR) is 142 cm³/mol. The lowest BCUT2D eigenvalue weighted by molar-refractivity contribution is -0.148. The van der Waals surface area contributed by atoms with Crippen LogP contribution in [0, 0.1) is 3.57 Å². The van der Waals surface area contributed by atoms with Gasteiger partial charge in [0.25, 0.3) is 0 Å². The van der Waals surface area contributed by atoms with Crippen molar-refractivity contribution in [2.45, 2.75) is 70.6 Å². The van der Waals surface area contributed by atoms with Gasteiger partial charge in [-0.3, -0.25) is 4.90 Å². The lowest BCUT2D eigenvalue weighted by Crippen LogP contribution is -2.44. The van der Waals surface area contributed by atoms with Gasteiger partial charge in [0.15, 0.2) is 0 Å². The van der Waals surface area contributed by atoms with Crippen molar-refractivity contribution in [1.29, 1.82) is 0 Å². The van der Waals surface area contributed by atoms with E-state index in [-0.39, 0.29) is 18.2 Å². The van der Waals surface area contributed by atoms with Gasteiger partial charge in [-0.2, -0.15) is 4.98 Å². The molecular formula is C23H31ClIN3O5Si. The lowest BCUT2D eigenvalue weighted by Gasteiger charge is -2.27. The number of amides is 1. The van der Waals surface area contributed by atoms with Gasteiger partial charge >= 0.3 is 12.1 Å². The van der Waals surface area contributed by atoms with Crippen LogP contribution in [0.4, 0.5) is 4.79 Å². The molecule has 8 nitrogen and oxygen atoms in total. The van der Waals surface area contributed by atoms with Crippen LogP contribution in [0.25, 0.3) is 10.9 Å². The Kier molecular flexibility index (Phi) is 8.34. The quantitative estimate of drug-likeness (QED) is 0.182. The molecule has 0 bridgehead atoms. The Morgan fingerprint density at radius 1 is 1.24 bits per heavy atom. The monoisotopic (exact) mass is 619 g/mol. The Bertz CT molecular complexity index is 1070. The molecule has 0 N–H and O–H groups in total. The fourth-order valence-electron chi connectivity index (χ4n) is 3.48. The molecule has 0 unspecified atom stereocenters. The summed E-state index contributed by atoms with van der Waals surface area (Å²) in [5.74, 6) is -0.134. The number of esters is 1. The minimum atomic E-state index is -1.37. The third kappa shape index (κ3) is 7.42. The predicted octanol–water partition coefficient (Wildman–Crippen LogP) is 5.53. The average Bonchev–Trinajstić information content (AvgIpc) is 3.10. The van der Waals surface area contributed by atoms with Crippen molar-refractivity contribution in [2.75, 3.05) is 13.2 Å². The van der Waals surface area contributed by atoms with E-state index in [1.807, 2.05) is 18.2 Å². The van der Waals surface area contributed by atoms with Crippen LogP contribution >= 0.6 is 34.2 Å². The number of hydrogen-bond donors (Lipinski definition) is 0. The lowest BCUT2D eigenvalue weighted by atomic mass is 10.2. The fourth-order valence-corrected chi connectivity index (χ4v) is 4.85. The first-order valence-corrected chi connectivity index (χ1v) is 16.3. The van der Waals surface area contributed by atoms with Crippen molar-refractivity contribution >= 4 is 65.2 Å². The van der Waals surface area contributed by atoms with E-state index in [0.717, 1.165) is 9.61 Å². The number of likely N-dealkylation sites (tertiary alicyclic amines) is 1. The molecular weight excluding hydrogens is 589 g/mol. The highest BCUT2D eigenvalue weighted by atomic mass is 127. The summed E-state index contributed by atoms with van der Waals surface area (Å²) in [6.07, 6.45) is -0.808. The number of hydrogen-bond acceptors (Lipinski definition) is 7. The summed E-state index contributed by atoms with van der Waals surface area (Å²) in [5.41, 5.74) is -0.0465. The van der Waals surface area contributed by atoms with Crippen LogP contribution in [0.3, 0.4) is 0 Å². The molecule has 11 heteroatoms. The number of aromatic nitrogens is 2. The molecule has 34 heavy (non-hydrogen) atoms. The molecule has 1 aromatic heterocycles. The van der Waals surface area contributed by atoms with Crippen molar-refractivity contribution < 1.29 is 23.8 Å². The van der Waals surface area contributed by atoms with E-state index in [0.29, 0.717) is 23.4 Å². The zero-order chi connectivity index (χ0) is 25.3. The van der Waals surface area contributed by atoms with Gasteiger partial charge in [-0.15, -0.1) is 0 Å². The van der Waals surface area contributed by atoms with E-state index >= 15 is 0 Å². The Labute approximate surface area is 219 Å². The smallest absolute Gasteiger partial charge is 0.411 e. The molecule has 1 aliphatic rings. The number of carbonyl (C=O) groups is 2. The van der Waals surface area contributed by atoms with Crippen molar-refractivity contribution in [3.8, 4) is 5.88 Å². The minimum Gasteiger partial charge on any atom is -0.472 e. The van der Waals surface area contributed by atoms with E-state index in [1.165, 1.54) is 4.90 Å². The molecule has 0 saturated carbocycles. The van der Waals surface area contributed by atoms with Gasteiger partial charge in [0.2, 0.25) is 11.2 Å². The van der Waals surface area contributed by atoms with E-state index in [9.17, 15) is 9.59 Å². The molecule has 2 atom stereocenters. The summed E-state index contributed by atoms with van der Waals surface area (Å²) >= 11 is 8.31. The summed E-state index contributed by atoms with van der Waals surface area (Å²) in [6, 6.07) is 5.72. The topological polar surface area (TPSA) is 90.9 Å². The Balaban J connectivity index is 1.82. The Hall–Kier alpha value is -1.66. The van der Waals surface area contributed by atoms with Crippen LogP contribution in [-0.4, -0.2) is 65.9 Å². The van der Waals surface area contributed by atoms with Gasteiger partial charge in [0.05, 0.1) is 24.1 Å². The van der Waals surface area contributed by atoms with Crippen LogP contribution < -0.4 is 4.74 Å². The molecule has 2 heterocycles. The first-order valence-electron chi connectivity index (χ1n) is 11.2. The molecule has 3 rings (SSSR count). The van der Waals surface area contributed by atoms with Crippen LogP contribution in [0.1, 0.15) is 27.2 Å². The second kappa shape index (κ2) is 10.5. The maximum atomic E-state index is 13.0. The molecule has 1 saturated heterocycles. The van der Waals surface area contributed by atoms with Crippen molar-refractivity contribution in [2.24, 2.45) is 0 Å². The molecule has 1 aliphatic heterocycles. The highest BCUT2D eigenvalue weighted by Gasteiger charge is 2.44. The molecule has 186 valence electrons. The molecule has 2 aromatic rings. The fraction of sp³-hybridized carbons (Fsp3) is 0.565. The van der Waals surface area contributed by atoms with Gasteiger partial charge in [-0.1, -0.05) is 19.6 Å². The number of fused-ring (bicyclic) bond motifs is 1. The first-order chi connectivity index (χ1) is 15.7. The van der Waals surface area contributed by atoms with Crippen molar-refractivity contribution in [1.82, 2.24) is 14.9 Å². The first kappa shape index (κ1) is 26.9. The average molecular weight is 620 g/mol. The van der Waals surface area contributed by atoms with Crippen LogP contribution in [0.2, 0.25) is 31.0 Å². The van der Waals surface area contributed by atoms with Gasteiger partial charge < -0.3 is 14.2 Å². The summed E-state index contributed by atoms with van der Waals surface area (Å²) in [6.45, 7) is 12.5. The van der Waals surface area contributed by atoms with Gasteiger partial charge in [0.1, 0.15) is 17.7 Å². The molecule has 1 fully saturated rings. The SMILES string of the molecule is CC(C)(C)OC(=O)N1C[C@@H](Oc2nc(Cl)nc3ccc(I)cc23)C[C@H]1C(=O)OCC[Si](C)(C)C. The number of ether oxygens (including phenoxy) is 3. The zero-order valence-corrected chi connectivity index (χ0v) is 24.3. The highest BCUT2D eigenvalue weighted by molar-refractivity contribution is 14.1. The minimum absolute atomic E-state index is 0.0630. The number of benzene rings is 1. The maximum Gasteiger partial charge on any atom is 0.411 e. The number of nitrogens with zero attached hydrogens (tertiary/aromatic N) is 3. The third-order valence-electron chi connectivity index (χ3n) is 5.13. The van der Waals surface area contributed by atoms with E-state index in [1.54, 1.807) is 20.8 Å². The van der Waals surface area contributed by atoms with Gasteiger partial charge in [-0.05, 0) is 79.2 Å². The van der Waals surface area contributed by atoms with Crippen LogP contribution in [0.15, 0.2) is 18.2 Å². The summed E-state index contributed by atoms with van der Waals surface area (Å²) < 4.78 is 18.3. The molecule has 0 radical (unpaired) electrons. The number of halogens is 2. The Morgan fingerprint density at radius 2 is 1.94 bits per heavy atom. The van der Waals surface area contributed by atoms with Crippen molar-refractivity contribution in [3.63, 3.8) is 0 Å². The van der Waals surface area contributed by atoms with E-state index in [4.69, 9.17) is 25.8 Å². The summed E-state index contributed by atoms with van der Waals surface area (Å²) in [7, 11) is -1.37. The number of rotatable bonds is 6. The van der Waals surface area contributed by atoms with E-state index < -0.39 is 37.9 Å². The third-order valence-corrected chi connectivity index (χ3v) is 7.68. The Morgan fingerprint density at radius 3 is 2.59 bits per heavy atom. The number of carbonyl (C=O) groups excluding carboxylic acids is 2. The maximum absolute atomic E-state index is 13.0. The summed E-state index contributed by atoms with van der Waals surface area (Å²) in [5, 5.41) is 0.772. The van der Waals surface area contributed by atoms with Gasteiger partial charge in [-0.25, -0.2) is 14.6 Å². The zero-order valence-electron chi connectivity index (χ0n) is 20.4. The second-order valence-corrected chi connectivity index (χ2v) is 17.8.